The lowest BCUT2D eigenvalue weighted by Crippen LogP contribution is -2.25. The minimum Gasteiger partial charge on any atom is -0.314 e. The molecule has 0 amide bonds. The van der Waals surface area contributed by atoms with Crippen molar-refractivity contribution in [3.8, 4) is 0 Å². The second kappa shape index (κ2) is 5.81. The van der Waals surface area contributed by atoms with Crippen LogP contribution in [0, 0.1) is 5.41 Å². The van der Waals surface area contributed by atoms with E-state index in [2.05, 4.69) is 25.2 Å². The molecule has 1 fully saturated rings. The van der Waals surface area contributed by atoms with Gasteiger partial charge in [-0.25, -0.2) is 0 Å². The maximum absolute atomic E-state index is 6.25. The second-order valence-electron chi connectivity index (χ2n) is 6.03. The Hall–Kier alpha value is -0.240. The van der Waals surface area contributed by atoms with Crippen molar-refractivity contribution < 1.29 is 0 Å². The summed E-state index contributed by atoms with van der Waals surface area (Å²) < 4.78 is 0. The predicted molar refractivity (Wildman–Crippen MR) is 79.6 cm³/mol. The molecule has 0 spiro atoms. The zero-order valence-electron chi connectivity index (χ0n) is 11.1. The van der Waals surface area contributed by atoms with Crippen LogP contribution in [0.5, 0.6) is 0 Å². The summed E-state index contributed by atoms with van der Waals surface area (Å²) in [6.07, 6.45) is 4.83. The third-order valence-corrected chi connectivity index (χ3v) is 4.37. The molecule has 3 heteroatoms. The molecule has 1 aromatic rings. The summed E-state index contributed by atoms with van der Waals surface area (Å²) in [6, 6.07) is 6.68. The van der Waals surface area contributed by atoms with Gasteiger partial charge in [0.05, 0.1) is 10.0 Å². The number of halogens is 2. The highest BCUT2D eigenvalue weighted by Gasteiger charge is 2.23. The first-order chi connectivity index (χ1) is 8.48. The van der Waals surface area contributed by atoms with E-state index >= 15 is 0 Å². The maximum atomic E-state index is 6.25. The summed E-state index contributed by atoms with van der Waals surface area (Å²) in [5.41, 5.74) is 1.40. The molecule has 1 N–H and O–H groups in total. The molecule has 100 valence electrons. The summed E-state index contributed by atoms with van der Waals surface area (Å²) in [5.74, 6) is 0. The van der Waals surface area contributed by atoms with Crippen molar-refractivity contribution in [2.45, 2.75) is 45.6 Å². The monoisotopic (exact) mass is 285 g/mol. The third-order valence-electron chi connectivity index (χ3n) is 3.51. The first-order valence-electron chi connectivity index (χ1n) is 6.64. The molecule has 0 radical (unpaired) electrons. The lowest BCUT2D eigenvalue weighted by Gasteiger charge is -2.25. The van der Waals surface area contributed by atoms with E-state index < -0.39 is 0 Å². The van der Waals surface area contributed by atoms with Gasteiger partial charge in [-0.05, 0) is 49.3 Å². The Morgan fingerprint density at radius 2 is 2.00 bits per heavy atom. The highest BCUT2D eigenvalue weighted by molar-refractivity contribution is 6.42. The van der Waals surface area contributed by atoms with E-state index in [-0.39, 0.29) is 5.41 Å². The summed E-state index contributed by atoms with van der Waals surface area (Å²) in [6.45, 7) is 5.67. The molecule has 0 bridgehead atoms. The molecule has 0 atom stereocenters. The number of benzene rings is 1. The van der Waals surface area contributed by atoms with Crippen LogP contribution < -0.4 is 5.32 Å². The van der Waals surface area contributed by atoms with Gasteiger partial charge in [0.2, 0.25) is 0 Å². The molecule has 1 aliphatic carbocycles. The maximum Gasteiger partial charge on any atom is 0.0624 e. The molecule has 1 aromatic carbocycles. The zero-order chi connectivity index (χ0) is 13.2. The van der Waals surface area contributed by atoms with E-state index in [1.54, 1.807) is 0 Å². The number of rotatable bonds is 6. The van der Waals surface area contributed by atoms with Gasteiger partial charge in [0.25, 0.3) is 0 Å². The van der Waals surface area contributed by atoms with Gasteiger partial charge >= 0.3 is 0 Å². The standard InChI is InChI=1S/C15H21Cl2N/c1-15(2,8-9-18-12-6-7-12)10-11-4-3-5-13(16)14(11)17/h3-5,12,18H,6-10H2,1-2H3. The largest absolute Gasteiger partial charge is 0.314 e. The normalized spacial score (nSPS) is 16.0. The zero-order valence-corrected chi connectivity index (χ0v) is 12.6. The Kier molecular flexibility index (Phi) is 4.58. The van der Waals surface area contributed by atoms with E-state index in [4.69, 9.17) is 23.2 Å². The molecule has 0 heterocycles. The summed E-state index contributed by atoms with van der Waals surface area (Å²) in [4.78, 5) is 0. The fraction of sp³-hybridized carbons (Fsp3) is 0.600. The Morgan fingerprint density at radius 3 is 2.67 bits per heavy atom. The van der Waals surface area contributed by atoms with Crippen molar-refractivity contribution in [1.29, 1.82) is 0 Å². The van der Waals surface area contributed by atoms with Gasteiger partial charge in [-0.3, -0.25) is 0 Å². The van der Waals surface area contributed by atoms with Crippen molar-refractivity contribution >= 4 is 23.2 Å². The van der Waals surface area contributed by atoms with E-state index in [9.17, 15) is 0 Å². The molecular weight excluding hydrogens is 265 g/mol. The van der Waals surface area contributed by atoms with Gasteiger partial charge < -0.3 is 5.32 Å². The lowest BCUT2D eigenvalue weighted by atomic mass is 9.82. The predicted octanol–water partition coefficient (Wildman–Crippen LogP) is 4.70. The van der Waals surface area contributed by atoms with Crippen LogP contribution in [0.25, 0.3) is 0 Å². The Bertz CT molecular complexity index is 411. The Morgan fingerprint density at radius 1 is 1.28 bits per heavy atom. The van der Waals surface area contributed by atoms with E-state index in [1.165, 1.54) is 12.8 Å². The number of hydrogen-bond acceptors (Lipinski definition) is 1. The SMILES string of the molecule is CC(C)(CCNC1CC1)Cc1cccc(Cl)c1Cl. The average molecular weight is 286 g/mol. The fourth-order valence-corrected chi connectivity index (χ4v) is 2.58. The smallest absolute Gasteiger partial charge is 0.0624 e. The van der Waals surface area contributed by atoms with Crippen molar-refractivity contribution in [3.05, 3.63) is 33.8 Å². The fourth-order valence-electron chi connectivity index (χ4n) is 2.19. The first kappa shape index (κ1) is 14.2. The van der Waals surface area contributed by atoms with Crippen molar-refractivity contribution in [3.63, 3.8) is 0 Å². The minimum atomic E-state index is 0.246. The van der Waals surface area contributed by atoms with Gasteiger partial charge in [0.15, 0.2) is 0 Å². The number of hydrogen-bond donors (Lipinski definition) is 1. The van der Waals surface area contributed by atoms with Crippen LogP contribution in [0.1, 0.15) is 38.7 Å². The molecule has 0 aliphatic heterocycles. The summed E-state index contributed by atoms with van der Waals surface area (Å²) >= 11 is 12.3. The van der Waals surface area contributed by atoms with Crippen molar-refractivity contribution in [2.24, 2.45) is 5.41 Å². The first-order valence-corrected chi connectivity index (χ1v) is 7.40. The van der Waals surface area contributed by atoms with Crippen molar-refractivity contribution in [1.82, 2.24) is 5.32 Å². The van der Waals surface area contributed by atoms with Crippen LogP contribution in [-0.4, -0.2) is 12.6 Å². The third kappa shape index (κ3) is 4.15. The van der Waals surface area contributed by atoms with E-state index in [0.717, 1.165) is 31.0 Å². The van der Waals surface area contributed by atoms with Crippen LogP contribution in [-0.2, 0) is 6.42 Å². The average Bonchev–Trinajstić information content (AvgIpc) is 3.08. The van der Waals surface area contributed by atoms with Crippen molar-refractivity contribution in [2.75, 3.05) is 6.54 Å². The molecule has 1 saturated carbocycles. The quantitative estimate of drug-likeness (QED) is 0.799. The van der Waals surface area contributed by atoms with Gasteiger partial charge in [-0.2, -0.15) is 0 Å². The lowest BCUT2D eigenvalue weighted by molar-refractivity contribution is 0.325. The summed E-state index contributed by atoms with van der Waals surface area (Å²) in [7, 11) is 0. The van der Waals surface area contributed by atoms with Gasteiger partial charge in [-0.15, -0.1) is 0 Å². The molecule has 1 nitrogen and oxygen atoms in total. The molecular formula is C15H21Cl2N. The van der Waals surface area contributed by atoms with Crippen LogP contribution in [0.15, 0.2) is 18.2 Å². The highest BCUT2D eigenvalue weighted by atomic mass is 35.5. The van der Waals surface area contributed by atoms with Crippen LogP contribution in [0.2, 0.25) is 10.0 Å². The minimum absolute atomic E-state index is 0.246. The van der Waals surface area contributed by atoms with E-state index in [1.807, 2.05) is 12.1 Å². The Balaban J connectivity index is 1.90. The molecule has 0 unspecified atom stereocenters. The summed E-state index contributed by atoms with van der Waals surface area (Å²) in [5, 5.41) is 4.93. The topological polar surface area (TPSA) is 12.0 Å². The molecule has 1 aliphatic rings. The highest BCUT2D eigenvalue weighted by Crippen LogP contribution is 2.32. The molecule has 18 heavy (non-hydrogen) atoms. The van der Waals surface area contributed by atoms with Gasteiger partial charge in [-0.1, -0.05) is 49.2 Å². The van der Waals surface area contributed by atoms with Gasteiger partial charge in [0, 0.05) is 6.04 Å². The Labute approximate surface area is 120 Å². The molecule has 0 aromatic heterocycles. The molecule has 0 saturated heterocycles. The van der Waals surface area contributed by atoms with Crippen LogP contribution in [0.3, 0.4) is 0 Å². The number of nitrogens with one attached hydrogen (secondary N) is 1. The van der Waals surface area contributed by atoms with E-state index in [0.29, 0.717) is 10.0 Å². The van der Waals surface area contributed by atoms with Crippen LogP contribution in [0.4, 0.5) is 0 Å². The molecule has 2 rings (SSSR count). The van der Waals surface area contributed by atoms with Gasteiger partial charge in [0.1, 0.15) is 0 Å². The van der Waals surface area contributed by atoms with Crippen LogP contribution >= 0.6 is 23.2 Å². The second-order valence-corrected chi connectivity index (χ2v) is 6.82.